The monoisotopic (exact) mass is 287 g/mol. The molecule has 1 heterocycles. The average molecular weight is 287 g/mol. The number of aryl methyl sites for hydroxylation is 1. The standard InChI is InChI=1S/C16H21N3O2/c1-4-12(11-9-7-6-8-10-11)19-13(5-2)18-14(15(19)17)16(20)21-3/h6-10,12H,4-5,17H2,1-3H3. The van der Waals surface area contributed by atoms with Crippen molar-refractivity contribution in [2.24, 2.45) is 0 Å². The van der Waals surface area contributed by atoms with Gasteiger partial charge in [-0.25, -0.2) is 9.78 Å². The molecule has 0 saturated heterocycles. The number of nitrogen functional groups attached to an aromatic ring is 1. The summed E-state index contributed by atoms with van der Waals surface area (Å²) in [5, 5.41) is 0. The lowest BCUT2D eigenvalue weighted by molar-refractivity contribution is 0.0595. The molecular formula is C16H21N3O2. The molecule has 0 saturated carbocycles. The highest BCUT2D eigenvalue weighted by Gasteiger charge is 2.24. The number of nitrogens with two attached hydrogens (primary N) is 1. The lowest BCUT2D eigenvalue weighted by Gasteiger charge is -2.21. The molecule has 112 valence electrons. The molecule has 0 aliphatic heterocycles. The molecule has 5 nitrogen and oxygen atoms in total. The summed E-state index contributed by atoms with van der Waals surface area (Å²) in [4.78, 5) is 16.1. The highest BCUT2D eigenvalue weighted by atomic mass is 16.5. The van der Waals surface area contributed by atoms with Gasteiger partial charge in [-0.15, -0.1) is 0 Å². The van der Waals surface area contributed by atoms with Crippen molar-refractivity contribution in [3.63, 3.8) is 0 Å². The van der Waals surface area contributed by atoms with Crippen LogP contribution in [0.3, 0.4) is 0 Å². The predicted octanol–water partition coefficient (Wildman–Crippen LogP) is 2.81. The van der Waals surface area contributed by atoms with E-state index in [1.165, 1.54) is 7.11 Å². The fourth-order valence-corrected chi connectivity index (χ4v) is 2.58. The summed E-state index contributed by atoms with van der Waals surface area (Å²) in [5.74, 6) is 0.668. The number of hydrogen-bond acceptors (Lipinski definition) is 4. The van der Waals surface area contributed by atoms with Crippen LogP contribution in [0.15, 0.2) is 30.3 Å². The number of imidazole rings is 1. The van der Waals surface area contributed by atoms with Gasteiger partial charge in [-0.05, 0) is 12.0 Å². The zero-order valence-electron chi connectivity index (χ0n) is 12.7. The Hall–Kier alpha value is -2.30. The molecule has 5 heteroatoms. The topological polar surface area (TPSA) is 70.1 Å². The third kappa shape index (κ3) is 2.77. The maximum Gasteiger partial charge on any atom is 0.360 e. The Morgan fingerprint density at radius 2 is 2.00 bits per heavy atom. The summed E-state index contributed by atoms with van der Waals surface area (Å²) in [6.45, 7) is 4.09. The number of rotatable bonds is 5. The van der Waals surface area contributed by atoms with Crippen molar-refractivity contribution in [2.75, 3.05) is 12.8 Å². The number of carbonyl (C=O) groups is 1. The molecule has 1 atom stereocenters. The molecule has 1 aromatic heterocycles. The van der Waals surface area contributed by atoms with Crippen LogP contribution in [-0.2, 0) is 11.2 Å². The summed E-state index contributed by atoms with van der Waals surface area (Å²) < 4.78 is 6.70. The second-order valence-corrected chi connectivity index (χ2v) is 4.81. The van der Waals surface area contributed by atoms with E-state index in [9.17, 15) is 4.79 Å². The number of aromatic nitrogens is 2. The fourth-order valence-electron chi connectivity index (χ4n) is 2.58. The van der Waals surface area contributed by atoms with E-state index in [0.29, 0.717) is 12.2 Å². The van der Waals surface area contributed by atoms with Gasteiger partial charge in [0.25, 0.3) is 0 Å². The molecule has 0 spiro atoms. The van der Waals surface area contributed by atoms with Crippen LogP contribution < -0.4 is 5.73 Å². The van der Waals surface area contributed by atoms with Gasteiger partial charge >= 0.3 is 5.97 Å². The minimum atomic E-state index is -0.496. The number of esters is 1. The van der Waals surface area contributed by atoms with Crippen molar-refractivity contribution in [2.45, 2.75) is 32.7 Å². The van der Waals surface area contributed by atoms with E-state index in [-0.39, 0.29) is 11.7 Å². The second kappa shape index (κ2) is 6.43. The van der Waals surface area contributed by atoms with Crippen LogP contribution in [0, 0.1) is 0 Å². The van der Waals surface area contributed by atoms with Gasteiger partial charge in [0, 0.05) is 6.42 Å². The van der Waals surface area contributed by atoms with E-state index < -0.39 is 5.97 Å². The molecule has 0 aliphatic carbocycles. The van der Waals surface area contributed by atoms with Crippen molar-refractivity contribution in [3.8, 4) is 0 Å². The van der Waals surface area contributed by atoms with E-state index in [0.717, 1.165) is 17.8 Å². The van der Waals surface area contributed by atoms with Gasteiger partial charge in [0.2, 0.25) is 0 Å². The number of methoxy groups -OCH3 is 1. The summed E-state index contributed by atoms with van der Waals surface area (Å²) in [6, 6.07) is 10.2. The second-order valence-electron chi connectivity index (χ2n) is 4.81. The van der Waals surface area contributed by atoms with Crippen LogP contribution in [-0.4, -0.2) is 22.6 Å². The molecule has 1 aromatic carbocycles. The van der Waals surface area contributed by atoms with Crippen LogP contribution >= 0.6 is 0 Å². The van der Waals surface area contributed by atoms with Crippen LogP contribution in [0.1, 0.15) is 48.2 Å². The highest BCUT2D eigenvalue weighted by Crippen LogP contribution is 2.29. The number of benzene rings is 1. The molecule has 0 fully saturated rings. The zero-order valence-corrected chi connectivity index (χ0v) is 12.7. The minimum Gasteiger partial charge on any atom is -0.464 e. The number of carbonyl (C=O) groups excluding carboxylic acids is 1. The SMILES string of the molecule is CCc1nc(C(=O)OC)c(N)n1C(CC)c1ccccc1. The Bertz CT molecular complexity index is 620. The first kappa shape index (κ1) is 15.1. The Balaban J connectivity index is 2.55. The molecule has 2 N–H and O–H groups in total. The van der Waals surface area contributed by atoms with Gasteiger partial charge in [-0.1, -0.05) is 44.2 Å². The van der Waals surface area contributed by atoms with Crippen LogP contribution in [0.25, 0.3) is 0 Å². The molecule has 0 bridgehead atoms. The molecule has 21 heavy (non-hydrogen) atoms. The summed E-state index contributed by atoms with van der Waals surface area (Å²) >= 11 is 0. The summed E-state index contributed by atoms with van der Waals surface area (Å²) in [5.41, 5.74) is 7.52. The van der Waals surface area contributed by atoms with E-state index in [1.54, 1.807) is 0 Å². The Labute approximate surface area is 124 Å². The first-order valence-corrected chi connectivity index (χ1v) is 7.13. The first-order chi connectivity index (χ1) is 10.1. The van der Waals surface area contributed by atoms with E-state index >= 15 is 0 Å². The van der Waals surface area contributed by atoms with Crippen LogP contribution in [0.5, 0.6) is 0 Å². The maximum absolute atomic E-state index is 11.8. The van der Waals surface area contributed by atoms with Crippen molar-refractivity contribution in [1.82, 2.24) is 9.55 Å². The van der Waals surface area contributed by atoms with Crippen molar-refractivity contribution < 1.29 is 9.53 Å². The van der Waals surface area contributed by atoms with Crippen LogP contribution in [0.4, 0.5) is 5.82 Å². The summed E-state index contributed by atoms with van der Waals surface area (Å²) in [7, 11) is 1.33. The van der Waals surface area contributed by atoms with Gasteiger partial charge in [0.1, 0.15) is 11.6 Å². The minimum absolute atomic E-state index is 0.0621. The Kier molecular flexibility index (Phi) is 4.62. The fraction of sp³-hybridized carbons (Fsp3) is 0.375. The largest absolute Gasteiger partial charge is 0.464 e. The molecule has 0 radical (unpaired) electrons. The quantitative estimate of drug-likeness (QED) is 0.858. The molecule has 1 unspecified atom stereocenters. The third-order valence-corrected chi connectivity index (χ3v) is 3.60. The molecule has 0 aliphatic rings. The van der Waals surface area contributed by atoms with Crippen molar-refractivity contribution in [3.05, 3.63) is 47.4 Å². The van der Waals surface area contributed by atoms with Gasteiger partial charge in [0.05, 0.1) is 13.2 Å². The number of hydrogen-bond donors (Lipinski definition) is 1. The van der Waals surface area contributed by atoms with Gasteiger partial charge in [-0.2, -0.15) is 0 Å². The number of anilines is 1. The van der Waals surface area contributed by atoms with Crippen LogP contribution in [0.2, 0.25) is 0 Å². The van der Waals surface area contributed by atoms with E-state index in [4.69, 9.17) is 10.5 Å². The predicted molar refractivity (Wildman–Crippen MR) is 82.2 cm³/mol. The summed E-state index contributed by atoms with van der Waals surface area (Å²) in [6.07, 6.45) is 1.56. The van der Waals surface area contributed by atoms with E-state index in [1.807, 2.05) is 29.7 Å². The maximum atomic E-state index is 11.8. The zero-order chi connectivity index (χ0) is 15.4. The smallest absolute Gasteiger partial charge is 0.360 e. The number of ether oxygens (including phenoxy) is 1. The van der Waals surface area contributed by atoms with Crippen molar-refractivity contribution in [1.29, 1.82) is 0 Å². The molecule has 2 rings (SSSR count). The lowest BCUT2D eigenvalue weighted by atomic mass is 10.0. The number of nitrogens with zero attached hydrogens (tertiary/aromatic N) is 2. The highest BCUT2D eigenvalue weighted by molar-refractivity contribution is 5.92. The average Bonchev–Trinajstić information content (AvgIpc) is 2.86. The lowest BCUT2D eigenvalue weighted by Crippen LogP contribution is -2.16. The van der Waals surface area contributed by atoms with Crippen molar-refractivity contribution >= 4 is 11.8 Å². The normalized spacial score (nSPS) is 12.1. The molecule has 0 amide bonds. The Morgan fingerprint density at radius 3 is 2.52 bits per heavy atom. The molecule has 2 aromatic rings. The van der Waals surface area contributed by atoms with Gasteiger partial charge < -0.3 is 15.0 Å². The van der Waals surface area contributed by atoms with Gasteiger partial charge in [-0.3, -0.25) is 0 Å². The van der Waals surface area contributed by atoms with E-state index in [2.05, 4.69) is 24.0 Å². The third-order valence-electron chi connectivity index (χ3n) is 3.60. The van der Waals surface area contributed by atoms with Gasteiger partial charge in [0.15, 0.2) is 5.69 Å². The first-order valence-electron chi connectivity index (χ1n) is 7.13. The Morgan fingerprint density at radius 1 is 1.33 bits per heavy atom. The molecular weight excluding hydrogens is 266 g/mol.